The van der Waals surface area contributed by atoms with E-state index < -0.39 is 0 Å². The standard InChI is InChI=1S/C20H28N4O2.2ClH/c1-14-6-11-24(16(12-14)13-21)19(25)15-7-9-23(10-8-15)20-22-17-4-2-3-5-18(17)26-20;;/h2-5,14-16H,6-13,21H2,1H3;2*1H. The summed E-state index contributed by atoms with van der Waals surface area (Å²) in [6, 6.07) is 8.70. The number of rotatable bonds is 3. The van der Waals surface area contributed by atoms with Crippen LogP contribution in [0.1, 0.15) is 32.6 Å². The van der Waals surface area contributed by atoms with E-state index in [4.69, 9.17) is 10.2 Å². The van der Waals surface area contributed by atoms with E-state index in [1.165, 1.54) is 0 Å². The molecule has 8 heteroatoms. The van der Waals surface area contributed by atoms with Crippen molar-refractivity contribution in [1.82, 2.24) is 9.88 Å². The van der Waals surface area contributed by atoms with Crippen LogP contribution in [0.5, 0.6) is 0 Å². The highest BCUT2D eigenvalue weighted by Gasteiger charge is 2.35. The Hall–Kier alpha value is -1.50. The van der Waals surface area contributed by atoms with Gasteiger partial charge in [0.1, 0.15) is 5.52 Å². The molecule has 0 saturated carbocycles. The van der Waals surface area contributed by atoms with E-state index in [1.54, 1.807) is 0 Å². The summed E-state index contributed by atoms with van der Waals surface area (Å²) in [5.41, 5.74) is 7.63. The van der Waals surface area contributed by atoms with Crippen LogP contribution in [-0.2, 0) is 4.79 Å². The average molecular weight is 429 g/mol. The Morgan fingerprint density at radius 3 is 2.57 bits per heavy atom. The van der Waals surface area contributed by atoms with Gasteiger partial charge < -0.3 is 20.0 Å². The maximum Gasteiger partial charge on any atom is 0.298 e. The van der Waals surface area contributed by atoms with Gasteiger partial charge in [-0.2, -0.15) is 4.98 Å². The third-order valence-electron chi connectivity index (χ3n) is 5.93. The van der Waals surface area contributed by atoms with Crippen LogP contribution in [0.4, 0.5) is 6.01 Å². The summed E-state index contributed by atoms with van der Waals surface area (Å²) in [5, 5.41) is 0. The number of para-hydroxylation sites is 2. The van der Waals surface area contributed by atoms with Crippen molar-refractivity contribution in [3.05, 3.63) is 24.3 Å². The van der Waals surface area contributed by atoms with Crippen LogP contribution >= 0.6 is 24.8 Å². The number of carbonyl (C=O) groups excluding carboxylic acids is 1. The van der Waals surface area contributed by atoms with Crippen molar-refractivity contribution in [2.75, 3.05) is 31.1 Å². The molecule has 2 aliphatic rings. The zero-order chi connectivity index (χ0) is 18.1. The number of oxazole rings is 1. The highest BCUT2D eigenvalue weighted by Crippen LogP contribution is 2.29. The molecule has 0 spiro atoms. The molecule has 1 aromatic carbocycles. The number of carbonyl (C=O) groups is 1. The molecular weight excluding hydrogens is 399 g/mol. The third-order valence-corrected chi connectivity index (χ3v) is 5.93. The number of fused-ring (bicyclic) bond motifs is 1. The fourth-order valence-corrected chi connectivity index (χ4v) is 4.31. The Morgan fingerprint density at radius 2 is 1.89 bits per heavy atom. The fourth-order valence-electron chi connectivity index (χ4n) is 4.31. The van der Waals surface area contributed by atoms with Gasteiger partial charge in [-0.3, -0.25) is 4.79 Å². The van der Waals surface area contributed by atoms with Crippen LogP contribution in [0.3, 0.4) is 0 Å². The molecule has 2 unspecified atom stereocenters. The third kappa shape index (κ3) is 4.56. The number of likely N-dealkylation sites (tertiary alicyclic amines) is 1. The number of benzene rings is 1. The normalized spacial score (nSPS) is 23.2. The fraction of sp³-hybridized carbons (Fsp3) is 0.600. The van der Waals surface area contributed by atoms with Crippen molar-refractivity contribution < 1.29 is 9.21 Å². The largest absolute Gasteiger partial charge is 0.423 e. The van der Waals surface area contributed by atoms with Gasteiger partial charge in [-0.15, -0.1) is 24.8 Å². The Kier molecular flexibility index (Phi) is 7.98. The number of halogens is 2. The molecule has 156 valence electrons. The van der Waals surface area contributed by atoms with E-state index in [0.29, 0.717) is 24.4 Å². The van der Waals surface area contributed by atoms with E-state index in [0.717, 1.165) is 56.4 Å². The van der Waals surface area contributed by atoms with Crippen molar-refractivity contribution in [3.8, 4) is 0 Å². The van der Waals surface area contributed by atoms with Crippen molar-refractivity contribution in [2.24, 2.45) is 17.6 Å². The van der Waals surface area contributed by atoms with Gasteiger partial charge in [0.25, 0.3) is 6.01 Å². The van der Waals surface area contributed by atoms with Gasteiger partial charge in [0.15, 0.2) is 5.58 Å². The highest BCUT2D eigenvalue weighted by atomic mass is 35.5. The molecule has 2 atom stereocenters. The molecule has 2 fully saturated rings. The molecule has 2 aromatic rings. The molecule has 2 aliphatic heterocycles. The van der Waals surface area contributed by atoms with Crippen LogP contribution in [0.15, 0.2) is 28.7 Å². The summed E-state index contributed by atoms with van der Waals surface area (Å²) in [7, 11) is 0. The van der Waals surface area contributed by atoms with E-state index in [1.807, 2.05) is 24.3 Å². The quantitative estimate of drug-likeness (QED) is 0.809. The number of amides is 1. The Labute approximate surface area is 178 Å². The second kappa shape index (κ2) is 9.81. The predicted molar refractivity (Wildman–Crippen MR) is 116 cm³/mol. The van der Waals surface area contributed by atoms with Gasteiger partial charge in [-0.05, 0) is 43.7 Å². The van der Waals surface area contributed by atoms with Gasteiger partial charge in [-0.1, -0.05) is 19.1 Å². The van der Waals surface area contributed by atoms with Crippen LogP contribution in [-0.4, -0.2) is 48.0 Å². The van der Waals surface area contributed by atoms with Gasteiger partial charge >= 0.3 is 0 Å². The minimum Gasteiger partial charge on any atom is -0.423 e. The summed E-state index contributed by atoms with van der Waals surface area (Å²) in [4.78, 5) is 21.8. The lowest BCUT2D eigenvalue weighted by Gasteiger charge is -2.41. The average Bonchev–Trinajstić information content (AvgIpc) is 3.11. The summed E-state index contributed by atoms with van der Waals surface area (Å²) in [6.45, 7) is 5.29. The Morgan fingerprint density at radius 1 is 1.18 bits per heavy atom. The maximum atomic E-state index is 13.0. The number of nitrogens with zero attached hydrogens (tertiary/aromatic N) is 3. The Bertz CT molecular complexity index is 743. The second-order valence-corrected chi connectivity index (χ2v) is 7.78. The zero-order valence-corrected chi connectivity index (χ0v) is 17.9. The lowest BCUT2D eigenvalue weighted by Crippen LogP contribution is -2.52. The molecule has 6 nitrogen and oxygen atoms in total. The van der Waals surface area contributed by atoms with Crippen LogP contribution in [0, 0.1) is 11.8 Å². The molecule has 0 aliphatic carbocycles. The summed E-state index contributed by atoms with van der Waals surface area (Å²) in [6.07, 6.45) is 3.82. The first kappa shape index (κ1) is 22.8. The van der Waals surface area contributed by atoms with E-state index in [9.17, 15) is 4.79 Å². The lowest BCUT2D eigenvalue weighted by molar-refractivity contribution is -0.140. The number of piperidine rings is 2. The van der Waals surface area contributed by atoms with Crippen molar-refractivity contribution in [1.29, 1.82) is 0 Å². The van der Waals surface area contributed by atoms with Gasteiger partial charge in [0, 0.05) is 38.1 Å². The molecule has 2 saturated heterocycles. The number of hydrogen-bond acceptors (Lipinski definition) is 5. The van der Waals surface area contributed by atoms with Crippen molar-refractivity contribution in [3.63, 3.8) is 0 Å². The number of nitrogens with two attached hydrogens (primary N) is 1. The zero-order valence-electron chi connectivity index (χ0n) is 16.3. The summed E-state index contributed by atoms with van der Waals surface area (Å²) < 4.78 is 5.87. The van der Waals surface area contributed by atoms with Crippen molar-refractivity contribution >= 4 is 47.8 Å². The minimum atomic E-state index is 0. The molecule has 0 bridgehead atoms. The molecular formula is C20H30Cl2N4O2. The first-order chi connectivity index (χ1) is 12.7. The summed E-state index contributed by atoms with van der Waals surface area (Å²) >= 11 is 0. The molecule has 4 rings (SSSR count). The molecule has 28 heavy (non-hydrogen) atoms. The molecule has 1 amide bonds. The predicted octanol–water partition coefficient (Wildman–Crippen LogP) is 3.47. The number of anilines is 1. The van der Waals surface area contributed by atoms with Gasteiger partial charge in [0.2, 0.25) is 5.91 Å². The second-order valence-electron chi connectivity index (χ2n) is 7.78. The van der Waals surface area contributed by atoms with E-state index in [2.05, 4.69) is 21.7 Å². The SMILES string of the molecule is CC1CCN(C(=O)C2CCN(c3nc4ccccc4o3)CC2)C(CN)C1.Cl.Cl. The molecule has 2 N–H and O–H groups in total. The highest BCUT2D eigenvalue weighted by molar-refractivity contribution is 5.85. The maximum absolute atomic E-state index is 13.0. The first-order valence-electron chi connectivity index (χ1n) is 9.76. The topological polar surface area (TPSA) is 75.6 Å². The molecule has 0 radical (unpaired) electrons. The van der Waals surface area contributed by atoms with Crippen molar-refractivity contribution in [2.45, 2.75) is 38.6 Å². The lowest BCUT2D eigenvalue weighted by atomic mass is 9.89. The number of aromatic nitrogens is 1. The van der Waals surface area contributed by atoms with Gasteiger partial charge in [-0.25, -0.2) is 0 Å². The molecule has 1 aromatic heterocycles. The van der Waals surface area contributed by atoms with Crippen LogP contribution in [0.2, 0.25) is 0 Å². The van der Waals surface area contributed by atoms with E-state index in [-0.39, 0.29) is 36.8 Å². The Balaban J connectivity index is 0.00000140. The van der Waals surface area contributed by atoms with Gasteiger partial charge in [0.05, 0.1) is 0 Å². The molecule has 3 heterocycles. The number of hydrogen-bond donors (Lipinski definition) is 1. The summed E-state index contributed by atoms with van der Waals surface area (Å²) in [5.74, 6) is 1.05. The van der Waals surface area contributed by atoms with Crippen LogP contribution < -0.4 is 10.6 Å². The smallest absolute Gasteiger partial charge is 0.298 e. The first-order valence-corrected chi connectivity index (χ1v) is 9.76. The van der Waals surface area contributed by atoms with E-state index >= 15 is 0 Å². The minimum absolute atomic E-state index is 0. The monoisotopic (exact) mass is 428 g/mol. The van der Waals surface area contributed by atoms with Crippen LogP contribution in [0.25, 0.3) is 11.1 Å².